The summed E-state index contributed by atoms with van der Waals surface area (Å²) in [6.07, 6.45) is 0. The molecule has 1 radical (unpaired) electrons. The van der Waals surface area contributed by atoms with Crippen LogP contribution < -0.4 is 0 Å². The molecule has 0 saturated carbocycles. The SMILES string of the molecule is CCON=C(C)O[P+](C)=O.[Na]. The van der Waals surface area contributed by atoms with Crippen LogP contribution in [0.15, 0.2) is 5.16 Å². The fraction of sp³-hybridized carbons (Fsp3) is 0.800. The van der Waals surface area contributed by atoms with Gasteiger partial charge in [-0.25, -0.2) is 4.52 Å². The van der Waals surface area contributed by atoms with E-state index in [1.165, 1.54) is 6.66 Å². The average Bonchev–Trinajstić information content (AvgIpc) is 1.82. The van der Waals surface area contributed by atoms with Gasteiger partial charge in [0.2, 0.25) is 0 Å². The topological polar surface area (TPSA) is 47.9 Å². The number of nitrogens with zero attached hydrogens (tertiary/aromatic N) is 1. The summed E-state index contributed by atoms with van der Waals surface area (Å²) in [6, 6.07) is 0. The molecule has 0 N–H and O–H groups in total. The summed E-state index contributed by atoms with van der Waals surface area (Å²) >= 11 is 0. The predicted octanol–water partition coefficient (Wildman–Crippen LogP) is 1.36. The maximum absolute atomic E-state index is 10.4. The Morgan fingerprint density at radius 3 is 2.55 bits per heavy atom. The van der Waals surface area contributed by atoms with Crippen LogP contribution in [0.1, 0.15) is 13.8 Å². The van der Waals surface area contributed by atoms with Crippen molar-refractivity contribution in [2.75, 3.05) is 13.3 Å². The van der Waals surface area contributed by atoms with Crippen LogP contribution >= 0.6 is 8.03 Å². The maximum Gasteiger partial charge on any atom is 0.554 e. The summed E-state index contributed by atoms with van der Waals surface area (Å²) in [4.78, 5) is 4.63. The molecule has 0 aromatic rings. The molecule has 0 aromatic carbocycles. The van der Waals surface area contributed by atoms with Gasteiger partial charge in [-0.3, -0.25) is 0 Å². The Labute approximate surface area is 89.5 Å². The summed E-state index contributed by atoms with van der Waals surface area (Å²) in [5.41, 5.74) is 0. The van der Waals surface area contributed by atoms with Gasteiger partial charge in [-0.1, -0.05) is 0 Å². The molecule has 1 atom stereocenters. The van der Waals surface area contributed by atoms with Crippen molar-refractivity contribution in [2.24, 2.45) is 5.16 Å². The van der Waals surface area contributed by atoms with Gasteiger partial charge in [-0.15, -0.1) is 0 Å². The third-order valence-electron chi connectivity index (χ3n) is 0.583. The molecule has 0 aromatic heterocycles. The van der Waals surface area contributed by atoms with Crippen molar-refractivity contribution in [3.8, 4) is 0 Å². The minimum absolute atomic E-state index is 0. The molecule has 0 spiro atoms. The van der Waals surface area contributed by atoms with Crippen molar-refractivity contribution in [1.82, 2.24) is 0 Å². The normalized spacial score (nSPS) is 11.5. The monoisotopic (exact) mass is 187 g/mol. The summed E-state index contributed by atoms with van der Waals surface area (Å²) < 4.78 is 15.1. The Morgan fingerprint density at radius 1 is 1.64 bits per heavy atom. The number of oxime groups is 1. The van der Waals surface area contributed by atoms with E-state index in [2.05, 4.69) is 14.5 Å². The van der Waals surface area contributed by atoms with Gasteiger partial charge in [0, 0.05) is 36.5 Å². The Balaban J connectivity index is 0. The number of hydrogen-bond acceptors (Lipinski definition) is 4. The second kappa shape index (κ2) is 8.47. The maximum atomic E-state index is 10.4. The van der Waals surface area contributed by atoms with E-state index >= 15 is 0 Å². The minimum atomic E-state index is -1.62. The van der Waals surface area contributed by atoms with Crippen molar-refractivity contribution in [3.05, 3.63) is 0 Å². The fourth-order valence-corrected chi connectivity index (χ4v) is 0.764. The molecule has 11 heavy (non-hydrogen) atoms. The summed E-state index contributed by atoms with van der Waals surface area (Å²) in [6.45, 7) is 5.34. The third kappa shape index (κ3) is 10.4. The summed E-state index contributed by atoms with van der Waals surface area (Å²) in [7, 11) is -1.62. The van der Waals surface area contributed by atoms with Crippen LogP contribution in [0.25, 0.3) is 0 Å². The summed E-state index contributed by atoms with van der Waals surface area (Å²) in [5, 5.41) is 3.49. The largest absolute Gasteiger partial charge is 0.554 e. The predicted molar refractivity (Wildman–Crippen MR) is 45.1 cm³/mol. The van der Waals surface area contributed by atoms with E-state index in [1.807, 2.05) is 6.92 Å². The Hall–Kier alpha value is 0.370. The Bertz CT molecular complexity index is 151. The molecule has 0 bridgehead atoms. The van der Waals surface area contributed by atoms with E-state index in [-0.39, 0.29) is 29.6 Å². The molecule has 0 saturated heterocycles. The quantitative estimate of drug-likeness (QED) is 0.220. The first-order valence-corrected chi connectivity index (χ1v) is 4.54. The molecule has 0 rings (SSSR count). The van der Waals surface area contributed by atoms with Crippen molar-refractivity contribution < 1.29 is 13.9 Å². The van der Waals surface area contributed by atoms with E-state index in [1.54, 1.807) is 6.92 Å². The third-order valence-corrected chi connectivity index (χ3v) is 1.10. The molecule has 0 heterocycles. The van der Waals surface area contributed by atoms with Gasteiger partial charge < -0.3 is 4.84 Å². The van der Waals surface area contributed by atoms with E-state index < -0.39 is 8.03 Å². The van der Waals surface area contributed by atoms with Gasteiger partial charge in [0.15, 0.2) is 6.66 Å². The van der Waals surface area contributed by atoms with Gasteiger partial charge >= 0.3 is 8.03 Å². The smallest absolute Gasteiger partial charge is 0.393 e. The van der Waals surface area contributed by atoms with E-state index in [4.69, 9.17) is 0 Å². The van der Waals surface area contributed by atoms with Crippen LogP contribution in [0.2, 0.25) is 0 Å². The first kappa shape index (κ1) is 13.9. The van der Waals surface area contributed by atoms with Crippen LogP contribution in [-0.2, 0) is 13.9 Å². The van der Waals surface area contributed by atoms with Crippen molar-refractivity contribution in [1.29, 1.82) is 0 Å². The minimum Gasteiger partial charge on any atom is -0.393 e. The van der Waals surface area contributed by atoms with Crippen molar-refractivity contribution in [2.45, 2.75) is 13.8 Å². The second-order valence-electron chi connectivity index (χ2n) is 1.56. The molecule has 0 amide bonds. The Kier molecular flexibility index (Phi) is 10.7. The van der Waals surface area contributed by atoms with Crippen molar-refractivity contribution in [3.63, 3.8) is 0 Å². The molecule has 1 unspecified atom stereocenters. The molecule has 4 nitrogen and oxygen atoms in total. The molecular weight excluding hydrogens is 176 g/mol. The molecule has 0 aliphatic heterocycles. The van der Waals surface area contributed by atoms with Crippen LogP contribution in [0.4, 0.5) is 0 Å². The van der Waals surface area contributed by atoms with Gasteiger partial charge in [0.05, 0.1) is 0 Å². The number of hydrogen-bond donors (Lipinski definition) is 0. The Morgan fingerprint density at radius 2 is 2.18 bits per heavy atom. The second-order valence-corrected chi connectivity index (χ2v) is 2.62. The van der Waals surface area contributed by atoms with Gasteiger partial charge in [0.25, 0.3) is 5.90 Å². The van der Waals surface area contributed by atoms with E-state index in [0.717, 1.165) is 0 Å². The number of rotatable bonds is 3. The molecular formula is C5H11NNaO3P+. The summed E-state index contributed by atoms with van der Waals surface area (Å²) in [5.74, 6) is 0.297. The van der Waals surface area contributed by atoms with E-state index in [9.17, 15) is 4.57 Å². The van der Waals surface area contributed by atoms with Gasteiger partial charge in [-0.2, -0.15) is 0 Å². The molecule has 59 valence electrons. The first-order valence-electron chi connectivity index (χ1n) is 2.92. The van der Waals surface area contributed by atoms with Crippen LogP contribution in [0, 0.1) is 0 Å². The average molecular weight is 187 g/mol. The molecule has 0 fully saturated rings. The molecule has 0 aliphatic carbocycles. The van der Waals surface area contributed by atoms with Gasteiger partial charge in [-0.05, 0) is 16.6 Å². The zero-order valence-corrected chi connectivity index (χ0v) is 10.2. The fourth-order valence-electron chi connectivity index (χ4n) is 0.358. The first-order chi connectivity index (χ1) is 4.66. The van der Waals surface area contributed by atoms with Crippen molar-refractivity contribution >= 4 is 43.5 Å². The van der Waals surface area contributed by atoms with Crippen LogP contribution in [-0.4, -0.2) is 48.7 Å². The molecule has 0 aliphatic rings. The van der Waals surface area contributed by atoms with Crippen LogP contribution in [0.3, 0.4) is 0 Å². The van der Waals surface area contributed by atoms with Crippen LogP contribution in [0.5, 0.6) is 0 Å². The van der Waals surface area contributed by atoms with E-state index in [0.29, 0.717) is 12.5 Å². The zero-order valence-electron chi connectivity index (χ0n) is 7.33. The van der Waals surface area contributed by atoms with Gasteiger partial charge in [0.1, 0.15) is 6.61 Å². The zero-order chi connectivity index (χ0) is 7.98. The molecule has 6 heteroatoms. The standard InChI is InChI=1S/C5H11NO3P.Na/c1-4-8-6-5(2)9-10(3)7;/h4H2,1-3H3;/q+1;.